The minimum atomic E-state index is -0.630. The summed E-state index contributed by atoms with van der Waals surface area (Å²) < 4.78 is 13.3. The van der Waals surface area contributed by atoms with E-state index in [2.05, 4.69) is 5.32 Å². The SMILES string of the molecule is CC[C@H](CO)NC(=O)c1cc(Cl)ccc1F. The van der Waals surface area contributed by atoms with Gasteiger partial charge in [0.05, 0.1) is 18.2 Å². The molecular weight excluding hydrogens is 233 g/mol. The maximum Gasteiger partial charge on any atom is 0.254 e. The van der Waals surface area contributed by atoms with Gasteiger partial charge in [-0.25, -0.2) is 4.39 Å². The van der Waals surface area contributed by atoms with Gasteiger partial charge in [-0.15, -0.1) is 0 Å². The fraction of sp³-hybridized carbons (Fsp3) is 0.364. The summed E-state index contributed by atoms with van der Waals surface area (Å²) in [5, 5.41) is 11.7. The Morgan fingerprint density at radius 2 is 2.31 bits per heavy atom. The van der Waals surface area contributed by atoms with Crippen LogP contribution < -0.4 is 5.32 Å². The molecule has 0 radical (unpaired) electrons. The van der Waals surface area contributed by atoms with Gasteiger partial charge in [-0.05, 0) is 24.6 Å². The molecule has 5 heteroatoms. The predicted octanol–water partition coefficient (Wildman–Crippen LogP) is 1.98. The lowest BCUT2D eigenvalue weighted by Crippen LogP contribution is -2.37. The number of hydrogen-bond donors (Lipinski definition) is 2. The van der Waals surface area contributed by atoms with Crippen molar-refractivity contribution in [2.75, 3.05) is 6.61 Å². The molecule has 0 aromatic heterocycles. The van der Waals surface area contributed by atoms with Crippen molar-refractivity contribution in [1.29, 1.82) is 0 Å². The Morgan fingerprint density at radius 1 is 1.62 bits per heavy atom. The molecule has 0 aliphatic carbocycles. The average Bonchev–Trinajstić information content (AvgIpc) is 2.28. The summed E-state index contributed by atoms with van der Waals surface area (Å²) in [5.41, 5.74) is -0.112. The third-order valence-corrected chi connectivity index (χ3v) is 2.46. The molecule has 0 saturated carbocycles. The average molecular weight is 246 g/mol. The van der Waals surface area contributed by atoms with E-state index >= 15 is 0 Å². The molecule has 0 aliphatic rings. The van der Waals surface area contributed by atoms with Crippen LogP contribution in [-0.2, 0) is 0 Å². The van der Waals surface area contributed by atoms with E-state index in [4.69, 9.17) is 16.7 Å². The summed E-state index contributed by atoms with van der Waals surface area (Å²) in [6.07, 6.45) is 0.574. The van der Waals surface area contributed by atoms with Gasteiger partial charge in [-0.1, -0.05) is 18.5 Å². The molecule has 1 aromatic carbocycles. The van der Waals surface area contributed by atoms with Gasteiger partial charge in [0.15, 0.2) is 0 Å². The van der Waals surface area contributed by atoms with E-state index in [1.165, 1.54) is 12.1 Å². The Balaban J connectivity index is 2.83. The van der Waals surface area contributed by atoms with Crippen molar-refractivity contribution in [3.05, 3.63) is 34.6 Å². The number of carbonyl (C=O) groups is 1. The van der Waals surface area contributed by atoms with Crippen molar-refractivity contribution < 1.29 is 14.3 Å². The van der Waals surface area contributed by atoms with Crippen LogP contribution in [0.1, 0.15) is 23.7 Å². The standard InChI is InChI=1S/C11H13ClFNO2/c1-2-8(6-15)14-11(16)9-5-7(12)3-4-10(9)13/h3-5,8,15H,2,6H2,1H3,(H,14,16)/t8-/m1/s1. The first-order valence-corrected chi connectivity index (χ1v) is 5.33. The van der Waals surface area contributed by atoms with Crippen molar-refractivity contribution in [2.45, 2.75) is 19.4 Å². The fourth-order valence-electron chi connectivity index (χ4n) is 1.21. The van der Waals surface area contributed by atoms with Crippen LogP contribution in [0.25, 0.3) is 0 Å². The van der Waals surface area contributed by atoms with Crippen molar-refractivity contribution in [3.63, 3.8) is 0 Å². The molecule has 16 heavy (non-hydrogen) atoms. The minimum absolute atomic E-state index is 0.112. The Labute approximate surface area is 98.2 Å². The smallest absolute Gasteiger partial charge is 0.254 e. The zero-order chi connectivity index (χ0) is 12.1. The third-order valence-electron chi connectivity index (χ3n) is 2.22. The lowest BCUT2D eigenvalue weighted by Gasteiger charge is -2.14. The number of aliphatic hydroxyl groups excluding tert-OH is 1. The highest BCUT2D eigenvalue weighted by Crippen LogP contribution is 2.14. The molecule has 1 rings (SSSR count). The molecule has 3 nitrogen and oxygen atoms in total. The van der Waals surface area contributed by atoms with E-state index in [1.807, 2.05) is 6.92 Å². The second kappa shape index (κ2) is 5.82. The van der Waals surface area contributed by atoms with Crippen molar-refractivity contribution in [2.24, 2.45) is 0 Å². The molecule has 0 unspecified atom stereocenters. The van der Waals surface area contributed by atoms with Crippen LogP contribution in [0.3, 0.4) is 0 Å². The van der Waals surface area contributed by atoms with Crippen molar-refractivity contribution in [1.82, 2.24) is 5.32 Å². The van der Waals surface area contributed by atoms with Crippen LogP contribution in [0.5, 0.6) is 0 Å². The zero-order valence-corrected chi connectivity index (χ0v) is 9.59. The van der Waals surface area contributed by atoms with E-state index in [9.17, 15) is 9.18 Å². The minimum Gasteiger partial charge on any atom is -0.394 e. The summed E-state index contributed by atoms with van der Waals surface area (Å²) in [6, 6.07) is 3.40. The van der Waals surface area contributed by atoms with E-state index < -0.39 is 11.7 Å². The molecule has 0 saturated heterocycles. The van der Waals surface area contributed by atoms with Crippen molar-refractivity contribution in [3.8, 4) is 0 Å². The Morgan fingerprint density at radius 3 is 2.88 bits per heavy atom. The van der Waals surface area contributed by atoms with Gasteiger partial charge in [0.1, 0.15) is 5.82 Å². The van der Waals surface area contributed by atoms with Gasteiger partial charge in [-0.2, -0.15) is 0 Å². The summed E-state index contributed by atoms with van der Waals surface area (Å²) in [4.78, 5) is 11.6. The highest BCUT2D eigenvalue weighted by atomic mass is 35.5. The number of halogens is 2. The fourth-order valence-corrected chi connectivity index (χ4v) is 1.38. The normalized spacial score (nSPS) is 12.2. The molecular formula is C11H13ClFNO2. The summed E-state index contributed by atoms with van der Waals surface area (Å²) in [5.74, 6) is -1.20. The van der Waals surface area contributed by atoms with Gasteiger partial charge in [-0.3, -0.25) is 4.79 Å². The number of nitrogens with one attached hydrogen (secondary N) is 1. The number of rotatable bonds is 4. The lowest BCUT2D eigenvalue weighted by molar-refractivity contribution is 0.0911. The topological polar surface area (TPSA) is 49.3 Å². The molecule has 0 fully saturated rings. The van der Waals surface area contributed by atoms with Gasteiger partial charge >= 0.3 is 0 Å². The molecule has 1 aromatic rings. The van der Waals surface area contributed by atoms with Gasteiger partial charge in [0.25, 0.3) is 5.91 Å². The van der Waals surface area contributed by atoms with E-state index in [0.717, 1.165) is 6.07 Å². The first-order chi connectivity index (χ1) is 7.58. The van der Waals surface area contributed by atoms with Crippen LogP contribution in [0.4, 0.5) is 4.39 Å². The number of carbonyl (C=O) groups excluding carboxylic acids is 1. The van der Waals surface area contributed by atoms with E-state index in [-0.39, 0.29) is 18.2 Å². The third kappa shape index (κ3) is 3.18. The molecule has 0 heterocycles. The van der Waals surface area contributed by atoms with Gasteiger partial charge in [0.2, 0.25) is 0 Å². The molecule has 0 bridgehead atoms. The van der Waals surface area contributed by atoms with Crippen molar-refractivity contribution >= 4 is 17.5 Å². The van der Waals surface area contributed by atoms with E-state index in [0.29, 0.717) is 11.4 Å². The Hall–Kier alpha value is -1.13. The molecule has 2 N–H and O–H groups in total. The predicted molar refractivity (Wildman–Crippen MR) is 60.0 cm³/mol. The molecule has 1 atom stereocenters. The monoisotopic (exact) mass is 245 g/mol. The maximum absolute atomic E-state index is 13.3. The molecule has 0 aliphatic heterocycles. The van der Waals surface area contributed by atoms with Gasteiger partial charge < -0.3 is 10.4 Å². The van der Waals surface area contributed by atoms with Crippen LogP contribution in [0.15, 0.2) is 18.2 Å². The Bertz CT molecular complexity index is 380. The Kier molecular flexibility index (Phi) is 4.71. The van der Waals surface area contributed by atoms with Crippen LogP contribution >= 0.6 is 11.6 Å². The van der Waals surface area contributed by atoms with Crippen LogP contribution in [0, 0.1) is 5.82 Å². The summed E-state index contributed by atoms with van der Waals surface area (Å²) in [7, 11) is 0. The number of hydrogen-bond acceptors (Lipinski definition) is 2. The molecule has 1 amide bonds. The van der Waals surface area contributed by atoms with Gasteiger partial charge in [0, 0.05) is 5.02 Å². The molecule has 0 spiro atoms. The highest BCUT2D eigenvalue weighted by molar-refractivity contribution is 6.31. The first-order valence-electron chi connectivity index (χ1n) is 4.95. The zero-order valence-electron chi connectivity index (χ0n) is 8.84. The maximum atomic E-state index is 13.3. The summed E-state index contributed by atoms with van der Waals surface area (Å²) in [6.45, 7) is 1.64. The van der Waals surface area contributed by atoms with Crippen LogP contribution in [-0.4, -0.2) is 23.7 Å². The first kappa shape index (κ1) is 12.9. The second-order valence-electron chi connectivity index (χ2n) is 3.39. The quantitative estimate of drug-likeness (QED) is 0.852. The van der Waals surface area contributed by atoms with E-state index in [1.54, 1.807) is 0 Å². The number of aliphatic hydroxyl groups is 1. The van der Waals surface area contributed by atoms with Crippen LogP contribution in [0.2, 0.25) is 5.02 Å². The number of amides is 1. The molecule has 88 valence electrons. The summed E-state index contributed by atoms with van der Waals surface area (Å²) >= 11 is 5.67. The second-order valence-corrected chi connectivity index (χ2v) is 3.82. The number of benzene rings is 1. The largest absolute Gasteiger partial charge is 0.394 e. The lowest BCUT2D eigenvalue weighted by atomic mass is 10.1. The highest BCUT2D eigenvalue weighted by Gasteiger charge is 2.15.